The number of hydrogen-bond acceptors (Lipinski definition) is 7. The van der Waals surface area contributed by atoms with E-state index in [0.717, 1.165) is 5.56 Å². The Bertz CT molecular complexity index is 920. The van der Waals surface area contributed by atoms with E-state index in [9.17, 15) is 24.3 Å². The van der Waals surface area contributed by atoms with Crippen molar-refractivity contribution in [3.8, 4) is 0 Å². The van der Waals surface area contributed by atoms with Crippen LogP contribution in [0.15, 0.2) is 54.6 Å². The minimum Gasteiger partial charge on any atom is -0.480 e. The normalized spacial score (nSPS) is 19.9. The minimum absolute atomic E-state index is 0.0608. The van der Waals surface area contributed by atoms with Crippen LogP contribution >= 0.6 is 11.8 Å². The largest absolute Gasteiger partial charge is 0.480 e. The first-order valence-corrected chi connectivity index (χ1v) is 11.6. The topological polar surface area (TPSA) is 173 Å². The van der Waals surface area contributed by atoms with Gasteiger partial charge in [0.2, 0.25) is 5.91 Å². The summed E-state index contributed by atoms with van der Waals surface area (Å²) in [5.41, 5.74) is 11.1. The van der Waals surface area contributed by atoms with Crippen LogP contribution in [0.5, 0.6) is 0 Å². The van der Waals surface area contributed by atoms with E-state index in [0.29, 0.717) is 5.75 Å². The van der Waals surface area contributed by atoms with E-state index in [-0.39, 0.29) is 25.0 Å². The van der Waals surface area contributed by atoms with Gasteiger partial charge >= 0.3 is 11.9 Å². The number of nitrogens with two attached hydrogens (primary N) is 2. The monoisotopic (exact) mass is 475 g/mol. The lowest BCUT2D eigenvalue weighted by Gasteiger charge is -2.37. The average Bonchev–Trinajstić information content (AvgIpc) is 2.81. The van der Waals surface area contributed by atoms with Crippen LogP contribution in [0.1, 0.15) is 24.8 Å². The molecule has 0 heterocycles. The van der Waals surface area contributed by atoms with E-state index in [1.807, 2.05) is 30.3 Å². The quantitative estimate of drug-likeness (QED) is 0.280. The molecule has 1 aliphatic carbocycles. The van der Waals surface area contributed by atoms with Gasteiger partial charge in [0.25, 0.3) is 0 Å². The summed E-state index contributed by atoms with van der Waals surface area (Å²) in [5.74, 6) is -2.92. The second-order valence-electron chi connectivity index (χ2n) is 7.83. The second kappa shape index (κ2) is 12.3. The van der Waals surface area contributed by atoms with E-state index in [1.54, 1.807) is 18.2 Å². The molecule has 0 saturated heterocycles. The van der Waals surface area contributed by atoms with Crippen LogP contribution in [-0.2, 0) is 24.9 Å². The minimum atomic E-state index is -1.56. The first-order valence-electron chi connectivity index (χ1n) is 10.4. The molecule has 0 saturated carbocycles. The molecule has 0 fully saturated rings. The van der Waals surface area contributed by atoms with Crippen LogP contribution < -0.4 is 16.8 Å². The van der Waals surface area contributed by atoms with Gasteiger partial charge in [-0.3, -0.25) is 14.4 Å². The van der Waals surface area contributed by atoms with Gasteiger partial charge in [-0.1, -0.05) is 54.6 Å². The number of nitrogens with one attached hydrogen (secondary N) is 1. The van der Waals surface area contributed by atoms with Gasteiger partial charge in [0, 0.05) is 17.9 Å². The zero-order valence-electron chi connectivity index (χ0n) is 18.1. The Balaban J connectivity index is 2.12. The summed E-state index contributed by atoms with van der Waals surface area (Å²) in [4.78, 5) is 48.8. The summed E-state index contributed by atoms with van der Waals surface area (Å²) in [6, 6.07) is 5.90. The van der Waals surface area contributed by atoms with Gasteiger partial charge in [-0.05, 0) is 18.4 Å². The molecule has 9 nitrogen and oxygen atoms in total. The number of thioether (sulfide) groups is 1. The fourth-order valence-corrected chi connectivity index (χ4v) is 4.48. The van der Waals surface area contributed by atoms with E-state index >= 15 is 0 Å². The first kappa shape index (κ1) is 26.3. The summed E-state index contributed by atoms with van der Waals surface area (Å²) in [7, 11) is 0. The third-order valence-corrected chi connectivity index (χ3v) is 6.50. The summed E-state index contributed by atoms with van der Waals surface area (Å²) in [6.07, 6.45) is 5.98. The van der Waals surface area contributed by atoms with E-state index < -0.39 is 47.2 Å². The third kappa shape index (κ3) is 7.28. The van der Waals surface area contributed by atoms with Crippen LogP contribution in [0.3, 0.4) is 0 Å². The van der Waals surface area contributed by atoms with Crippen LogP contribution in [-0.4, -0.2) is 57.7 Å². The molecule has 10 heteroatoms. The molecule has 0 spiro atoms. The van der Waals surface area contributed by atoms with Gasteiger partial charge in [0.15, 0.2) is 5.78 Å². The number of carbonyl (C=O) groups is 4. The summed E-state index contributed by atoms with van der Waals surface area (Å²) < 4.78 is 0. The Hall–Kier alpha value is -2.95. The molecular formula is C23H29N3O6S. The van der Waals surface area contributed by atoms with Crippen LogP contribution in [0.25, 0.3) is 0 Å². The molecule has 0 aromatic heterocycles. The number of rotatable bonds is 13. The van der Waals surface area contributed by atoms with E-state index in [1.165, 1.54) is 17.8 Å². The molecule has 0 bridgehead atoms. The highest BCUT2D eigenvalue weighted by Crippen LogP contribution is 2.35. The zero-order valence-corrected chi connectivity index (χ0v) is 18.9. The Kier molecular flexibility index (Phi) is 9.83. The maximum Gasteiger partial charge on any atom is 0.327 e. The van der Waals surface area contributed by atoms with Crippen molar-refractivity contribution < 1.29 is 29.4 Å². The Morgan fingerprint density at radius 2 is 1.73 bits per heavy atom. The summed E-state index contributed by atoms with van der Waals surface area (Å²) in [5, 5.41) is 21.1. The van der Waals surface area contributed by atoms with Gasteiger partial charge < -0.3 is 27.0 Å². The highest BCUT2D eigenvalue weighted by molar-refractivity contribution is 7.98. The van der Waals surface area contributed by atoms with Crippen molar-refractivity contribution in [1.29, 1.82) is 0 Å². The van der Waals surface area contributed by atoms with Gasteiger partial charge in [-0.15, -0.1) is 0 Å². The third-order valence-electron chi connectivity index (χ3n) is 5.37. The fraction of sp³-hybridized carbons (Fsp3) is 0.391. The molecule has 1 aromatic rings. The fourth-order valence-electron chi connectivity index (χ4n) is 3.53. The van der Waals surface area contributed by atoms with E-state index in [4.69, 9.17) is 16.6 Å². The van der Waals surface area contributed by atoms with Crippen molar-refractivity contribution in [1.82, 2.24) is 5.32 Å². The predicted molar refractivity (Wildman–Crippen MR) is 125 cm³/mol. The lowest BCUT2D eigenvalue weighted by Crippen LogP contribution is -2.59. The maximum absolute atomic E-state index is 13.4. The molecule has 2 rings (SSSR count). The molecule has 1 amide bonds. The van der Waals surface area contributed by atoms with Crippen molar-refractivity contribution in [2.75, 3.05) is 5.75 Å². The maximum atomic E-state index is 13.4. The number of Topliss-reactive ketones (excluding diaryl/α,β-unsaturated/α-hetero) is 1. The highest BCUT2D eigenvalue weighted by atomic mass is 32.2. The molecule has 1 unspecified atom stereocenters. The van der Waals surface area contributed by atoms with Crippen molar-refractivity contribution in [3.05, 3.63) is 60.2 Å². The molecule has 1 aromatic carbocycles. The number of carbonyl (C=O) groups excluding carboxylic acids is 2. The number of benzene rings is 1. The zero-order chi connectivity index (χ0) is 24.4. The number of carboxylic acids is 2. The molecule has 0 radical (unpaired) electrons. The first-order chi connectivity index (χ1) is 15.7. The number of amides is 1. The van der Waals surface area contributed by atoms with Crippen molar-refractivity contribution in [3.63, 3.8) is 0 Å². The van der Waals surface area contributed by atoms with Crippen LogP contribution in [0.2, 0.25) is 0 Å². The summed E-state index contributed by atoms with van der Waals surface area (Å²) in [6.45, 7) is 0. The number of hydrogen-bond donors (Lipinski definition) is 5. The van der Waals surface area contributed by atoms with Crippen molar-refractivity contribution in [2.24, 2.45) is 16.9 Å². The second-order valence-corrected chi connectivity index (χ2v) is 8.86. The van der Waals surface area contributed by atoms with E-state index in [2.05, 4.69) is 5.32 Å². The Labute approximate surface area is 196 Å². The van der Waals surface area contributed by atoms with Gasteiger partial charge in [-0.25, -0.2) is 4.79 Å². The van der Waals surface area contributed by atoms with Crippen LogP contribution in [0, 0.1) is 5.41 Å². The molecule has 4 atom stereocenters. The van der Waals surface area contributed by atoms with Crippen LogP contribution in [0.4, 0.5) is 0 Å². The van der Waals surface area contributed by atoms with Crippen molar-refractivity contribution in [2.45, 2.75) is 43.1 Å². The Morgan fingerprint density at radius 1 is 1.03 bits per heavy atom. The molecule has 33 heavy (non-hydrogen) atoms. The molecule has 1 aliphatic rings. The number of aliphatic carboxylic acids is 2. The lowest BCUT2D eigenvalue weighted by atomic mass is 9.70. The number of ketones is 1. The summed E-state index contributed by atoms with van der Waals surface area (Å²) >= 11 is 1.46. The van der Waals surface area contributed by atoms with Crippen molar-refractivity contribution >= 4 is 35.4 Å². The average molecular weight is 476 g/mol. The van der Waals surface area contributed by atoms with Gasteiger partial charge in [0.05, 0.1) is 11.5 Å². The van der Waals surface area contributed by atoms with Gasteiger partial charge in [-0.2, -0.15) is 11.8 Å². The standard InChI is InChI=1S/C23H29N3O6S/c24-16(21(29)30)9-10-18(27)26-19(22(31)32)23(11-5-2-6-12-23)20(28)17(25)14-33-13-15-7-3-1-4-8-15/h1-8,11,16-17,19H,9-10,12-14,24-25H2,(H,26,27)(H,29,30)(H,31,32)/t16-,17-,19-,23?/m0/s1. The smallest absolute Gasteiger partial charge is 0.327 e. The molecule has 7 N–H and O–H groups in total. The predicted octanol–water partition coefficient (Wildman–Crippen LogP) is 1.08. The lowest BCUT2D eigenvalue weighted by molar-refractivity contribution is -0.149. The molecular weight excluding hydrogens is 446 g/mol. The molecule has 178 valence electrons. The van der Waals surface area contributed by atoms with Gasteiger partial charge in [0.1, 0.15) is 12.1 Å². The Morgan fingerprint density at radius 3 is 2.30 bits per heavy atom. The number of carboxylic acid groups (broad SMARTS) is 2. The highest BCUT2D eigenvalue weighted by Gasteiger charge is 2.49. The number of allylic oxidation sites excluding steroid dienone is 3. The SMILES string of the molecule is N[C@@H](CCC(=O)N[C@@H](C(=O)O)C1(C(=O)[C@@H](N)CSCc2ccccc2)C=CC=CC1)C(=O)O. The molecule has 0 aliphatic heterocycles.